The Labute approximate surface area is 124 Å². The molecular weight excluding hydrogens is 277 g/mol. The first kappa shape index (κ1) is 16.3. The maximum atomic E-state index is 12.8. The first-order valence-electron chi connectivity index (χ1n) is 7.61. The smallest absolute Gasteiger partial charge is 0.385 e. The topological polar surface area (TPSA) is 20.2 Å². The van der Waals surface area contributed by atoms with Crippen LogP contribution in [-0.2, 0) is 11.8 Å². The van der Waals surface area contributed by atoms with Gasteiger partial charge in [-0.3, -0.25) is 0 Å². The molecule has 0 saturated heterocycles. The molecule has 1 N–H and O–H groups in total. The number of benzene rings is 1. The van der Waals surface area contributed by atoms with Gasteiger partial charge in [0, 0.05) is 0 Å². The van der Waals surface area contributed by atoms with E-state index in [-0.39, 0.29) is 0 Å². The Hall–Kier alpha value is -1.03. The molecule has 0 aromatic heterocycles. The van der Waals surface area contributed by atoms with Crippen LogP contribution in [0.2, 0.25) is 0 Å². The van der Waals surface area contributed by atoms with Gasteiger partial charge in [-0.15, -0.1) is 0 Å². The van der Waals surface area contributed by atoms with E-state index in [1.54, 1.807) is 6.07 Å². The van der Waals surface area contributed by atoms with Crippen molar-refractivity contribution in [3.05, 3.63) is 35.4 Å². The minimum Gasteiger partial charge on any atom is -0.385 e. The van der Waals surface area contributed by atoms with Crippen LogP contribution in [0.5, 0.6) is 0 Å². The Bertz CT molecular complexity index is 481. The molecule has 1 aromatic carbocycles. The summed E-state index contributed by atoms with van der Waals surface area (Å²) in [6.45, 7) is 4.27. The van der Waals surface area contributed by atoms with E-state index in [0.29, 0.717) is 30.2 Å². The Kier molecular flexibility index (Phi) is 4.66. The lowest BCUT2D eigenvalue weighted by Gasteiger charge is -2.38. The third-order valence-corrected chi connectivity index (χ3v) is 4.36. The maximum Gasteiger partial charge on any atom is 0.416 e. The van der Waals surface area contributed by atoms with Crippen molar-refractivity contribution in [3.8, 4) is 0 Å². The van der Waals surface area contributed by atoms with Crippen LogP contribution in [0.25, 0.3) is 0 Å². The third-order valence-electron chi connectivity index (χ3n) is 4.36. The van der Waals surface area contributed by atoms with E-state index >= 15 is 0 Å². The van der Waals surface area contributed by atoms with Gasteiger partial charge >= 0.3 is 6.18 Å². The molecule has 1 fully saturated rings. The minimum atomic E-state index is -4.36. The number of aliphatic hydroxyl groups is 1. The molecule has 1 aliphatic rings. The highest BCUT2D eigenvalue weighted by Crippen LogP contribution is 2.43. The Morgan fingerprint density at radius 3 is 2.67 bits per heavy atom. The first-order chi connectivity index (χ1) is 9.71. The molecule has 0 aliphatic heterocycles. The van der Waals surface area contributed by atoms with E-state index in [9.17, 15) is 18.3 Å². The Morgan fingerprint density at radius 1 is 1.33 bits per heavy atom. The summed E-state index contributed by atoms with van der Waals surface area (Å²) in [7, 11) is 0. The van der Waals surface area contributed by atoms with Crippen molar-refractivity contribution in [2.24, 2.45) is 11.8 Å². The van der Waals surface area contributed by atoms with E-state index in [0.717, 1.165) is 31.4 Å². The van der Waals surface area contributed by atoms with Crippen molar-refractivity contribution in [1.29, 1.82) is 0 Å². The molecule has 2 atom stereocenters. The first-order valence-corrected chi connectivity index (χ1v) is 7.61. The van der Waals surface area contributed by atoms with Gasteiger partial charge in [-0.1, -0.05) is 32.4 Å². The molecule has 1 aromatic rings. The zero-order chi connectivity index (χ0) is 15.7. The van der Waals surface area contributed by atoms with Crippen molar-refractivity contribution >= 4 is 0 Å². The highest BCUT2D eigenvalue weighted by molar-refractivity contribution is 5.30. The fourth-order valence-electron chi connectivity index (χ4n) is 3.48. The van der Waals surface area contributed by atoms with Crippen LogP contribution in [0, 0.1) is 11.8 Å². The molecule has 2 rings (SSSR count). The Balaban J connectivity index is 2.23. The predicted octanol–water partition coefficient (Wildman–Crippen LogP) is 5.13. The summed E-state index contributed by atoms with van der Waals surface area (Å²) >= 11 is 0. The van der Waals surface area contributed by atoms with E-state index in [2.05, 4.69) is 13.8 Å². The summed E-state index contributed by atoms with van der Waals surface area (Å²) in [5.74, 6) is 0.928. The van der Waals surface area contributed by atoms with Crippen LogP contribution in [0.15, 0.2) is 24.3 Å². The third kappa shape index (κ3) is 4.00. The van der Waals surface area contributed by atoms with Gasteiger partial charge in [0.1, 0.15) is 0 Å². The Morgan fingerprint density at radius 2 is 2.05 bits per heavy atom. The SMILES string of the molecule is CC(C)CC1CCCC(O)(c2cccc(C(F)(F)F)c2)C1. The van der Waals surface area contributed by atoms with Crippen molar-refractivity contribution in [2.45, 2.75) is 57.7 Å². The van der Waals surface area contributed by atoms with E-state index in [1.165, 1.54) is 6.07 Å². The summed E-state index contributed by atoms with van der Waals surface area (Å²) in [5.41, 5.74) is -1.39. The second-order valence-corrected chi connectivity index (χ2v) is 6.70. The monoisotopic (exact) mass is 300 g/mol. The molecule has 0 spiro atoms. The molecule has 118 valence electrons. The van der Waals surface area contributed by atoms with E-state index < -0.39 is 17.3 Å². The van der Waals surface area contributed by atoms with Gasteiger partial charge in [0.2, 0.25) is 0 Å². The van der Waals surface area contributed by atoms with Crippen LogP contribution in [-0.4, -0.2) is 5.11 Å². The summed E-state index contributed by atoms with van der Waals surface area (Å²) in [6, 6.07) is 5.17. The molecule has 0 amide bonds. The predicted molar refractivity (Wildman–Crippen MR) is 76.8 cm³/mol. The number of hydrogen-bond donors (Lipinski definition) is 1. The van der Waals surface area contributed by atoms with Gasteiger partial charge in [-0.25, -0.2) is 0 Å². The van der Waals surface area contributed by atoms with Crippen LogP contribution in [0.1, 0.15) is 57.1 Å². The molecule has 1 saturated carbocycles. The minimum absolute atomic E-state index is 0.387. The van der Waals surface area contributed by atoms with Crippen LogP contribution in [0.4, 0.5) is 13.2 Å². The van der Waals surface area contributed by atoms with Gasteiger partial charge in [0.25, 0.3) is 0 Å². The fraction of sp³-hybridized carbons (Fsp3) is 0.647. The maximum absolute atomic E-state index is 12.8. The highest BCUT2D eigenvalue weighted by Gasteiger charge is 2.38. The highest BCUT2D eigenvalue weighted by atomic mass is 19.4. The quantitative estimate of drug-likeness (QED) is 0.820. The summed E-state index contributed by atoms with van der Waals surface area (Å²) in [4.78, 5) is 0. The summed E-state index contributed by atoms with van der Waals surface area (Å²) in [6.07, 6.45) is -0.321. The number of halogens is 3. The normalized spacial score (nSPS) is 27.1. The second kappa shape index (κ2) is 5.99. The van der Waals surface area contributed by atoms with Crippen LogP contribution in [0.3, 0.4) is 0 Å². The van der Waals surface area contributed by atoms with Gasteiger partial charge < -0.3 is 5.11 Å². The van der Waals surface area contributed by atoms with Gasteiger partial charge in [-0.2, -0.15) is 13.2 Å². The molecule has 0 bridgehead atoms. The van der Waals surface area contributed by atoms with Crippen molar-refractivity contribution in [2.75, 3.05) is 0 Å². The zero-order valence-corrected chi connectivity index (χ0v) is 12.6. The molecular formula is C17H23F3O. The van der Waals surface area contributed by atoms with Crippen molar-refractivity contribution in [1.82, 2.24) is 0 Å². The average Bonchev–Trinajstić information content (AvgIpc) is 2.37. The summed E-state index contributed by atoms with van der Waals surface area (Å²) in [5, 5.41) is 10.8. The van der Waals surface area contributed by atoms with Crippen molar-refractivity contribution < 1.29 is 18.3 Å². The molecule has 0 radical (unpaired) electrons. The van der Waals surface area contributed by atoms with Gasteiger partial charge in [0.15, 0.2) is 0 Å². The number of alkyl halides is 3. The van der Waals surface area contributed by atoms with Crippen molar-refractivity contribution in [3.63, 3.8) is 0 Å². The van der Waals surface area contributed by atoms with Gasteiger partial charge in [0.05, 0.1) is 11.2 Å². The molecule has 1 aliphatic carbocycles. The largest absolute Gasteiger partial charge is 0.416 e. The lowest BCUT2D eigenvalue weighted by atomic mass is 9.72. The standard InChI is InChI=1S/C17H23F3O/c1-12(2)9-13-5-4-8-16(21,11-13)14-6-3-7-15(10-14)17(18,19)20/h3,6-7,10,12-13,21H,4-5,8-9,11H2,1-2H3. The molecule has 21 heavy (non-hydrogen) atoms. The van der Waals surface area contributed by atoms with Gasteiger partial charge in [-0.05, 0) is 55.2 Å². The fourth-order valence-corrected chi connectivity index (χ4v) is 3.48. The van der Waals surface area contributed by atoms with Crippen LogP contribution < -0.4 is 0 Å². The number of rotatable bonds is 3. The van der Waals surface area contributed by atoms with E-state index in [4.69, 9.17) is 0 Å². The zero-order valence-electron chi connectivity index (χ0n) is 12.6. The number of hydrogen-bond acceptors (Lipinski definition) is 1. The lowest BCUT2D eigenvalue weighted by molar-refractivity contribution is -0.137. The lowest BCUT2D eigenvalue weighted by Crippen LogP contribution is -2.33. The van der Waals surface area contributed by atoms with Crippen LogP contribution >= 0.6 is 0 Å². The molecule has 1 nitrogen and oxygen atoms in total. The second-order valence-electron chi connectivity index (χ2n) is 6.70. The molecule has 4 heteroatoms. The molecule has 2 unspecified atom stereocenters. The summed E-state index contributed by atoms with van der Waals surface area (Å²) < 4.78 is 38.5. The molecule has 0 heterocycles. The van der Waals surface area contributed by atoms with E-state index in [1.807, 2.05) is 0 Å². The average molecular weight is 300 g/mol.